The van der Waals surface area contributed by atoms with Crippen molar-refractivity contribution in [2.24, 2.45) is 0 Å². The van der Waals surface area contributed by atoms with E-state index in [1.807, 2.05) is 55.6 Å². The van der Waals surface area contributed by atoms with Crippen molar-refractivity contribution in [3.05, 3.63) is 72.6 Å². The Labute approximate surface area is 165 Å². The smallest absolute Gasteiger partial charge is 0.485 e. The molecule has 1 aromatic heterocycles. The lowest BCUT2D eigenvalue weighted by Gasteiger charge is -2.08. The summed E-state index contributed by atoms with van der Waals surface area (Å²) in [5.41, 5.74) is -4.60. The number of halogens is 3. The van der Waals surface area contributed by atoms with Crippen molar-refractivity contribution in [2.45, 2.75) is 23.2 Å². The van der Waals surface area contributed by atoms with Gasteiger partial charge in [0.25, 0.3) is 5.88 Å². The average Bonchev–Trinajstić information content (AvgIpc) is 2.60. The minimum absolute atomic E-state index is 0.0547. The number of sulfone groups is 1. The van der Waals surface area contributed by atoms with Crippen LogP contribution in [0.3, 0.4) is 0 Å². The van der Waals surface area contributed by atoms with Gasteiger partial charge in [0.1, 0.15) is 0 Å². The van der Waals surface area contributed by atoms with Crippen LogP contribution in [0, 0.1) is 6.92 Å². The van der Waals surface area contributed by atoms with Gasteiger partial charge in [-0.25, -0.2) is 16.8 Å². The first-order chi connectivity index (χ1) is 13.3. The van der Waals surface area contributed by atoms with Crippen molar-refractivity contribution in [2.75, 3.05) is 0 Å². The predicted octanol–water partition coefficient (Wildman–Crippen LogP) is 2.92. The van der Waals surface area contributed by atoms with Crippen molar-refractivity contribution in [3.63, 3.8) is 0 Å². The Morgan fingerprint density at radius 2 is 1.41 bits per heavy atom. The molecule has 3 aromatic rings. The highest BCUT2D eigenvalue weighted by molar-refractivity contribution is 7.90. The monoisotopic (exact) mass is 447 g/mol. The summed E-state index contributed by atoms with van der Waals surface area (Å²) in [6.07, 6.45) is 3.66. The number of pyridine rings is 1. The molecule has 3 rings (SSSR count). The lowest BCUT2D eigenvalue weighted by molar-refractivity contribution is -0.676. The number of fused-ring (bicyclic) bond motifs is 1. The van der Waals surface area contributed by atoms with Gasteiger partial charge in [-0.05, 0) is 30.5 Å². The SMILES string of the molecule is Cc1ccc(S(=O)(=O)C[n+]2ccc3ccccc3c2)cc1.O=S(=O)([O-])C(F)(F)F. The zero-order valence-electron chi connectivity index (χ0n) is 15.0. The molecular weight excluding hydrogens is 431 g/mol. The first-order valence-electron chi connectivity index (χ1n) is 7.99. The summed E-state index contributed by atoms with van der Waals surface area (Å²) < 4.78 is 85.5. The molecule has 0 bridgehead atoms. The highest BCUT2D eigenvalue weighted by atomic mass is 32.2. The molecule has 1 heterocycles. The zero-order valence-corrected chi connectivity index (χ0v) is 16.6. The average molecular weight is 447 g/mol. The number of hydrogen-bond acceptors (Lipinski definition) is 5. The van der Waals surface area contributed by atoms with E-state index in [9.17, 15) is 21.6 Å². The normalized spacial score (nSPS) is 12.3. The Hall–Kier alpha value is -2.50. The summed E-state index contributed by atoms with van der Waals surface area (Å²) in [7, 11) is -9.43. The largest absolute Gasteiger partial charge is 0.741 e. The summed E-state index contributed by atoms with van der Waals surface area (Å²) in [6.45, 7) is 1.94. The highest BCUT2D eigenvalue weighted by Crippen LogP contribution is 2.20. The molecule has 11 heteroatoms. The molecule has 0 saturated heterocycles. The summed E-state index contributed by atoms with van der Waals surface area (Å²) in [5, 5.41) is 2.13. The molecule has 6 nitrogen and oxygen atoms in total. The molecule has 29 heavy (non-hydrogen) atoms. The third kappa shape index (κ3) is 6.24. The molecule has 0 N–H and O–H groups in total. The predicted molar refractivity (Wildman–Crippen MR) is 98.3 cm³/mol. The van der Waals surface area contributed by atoms with E-state index < -0.39 is 25.5 Å². The molecule has 0 radical (unpaired) electrons. The van der Waals surface area contributed by atoms with Gasteiger partial charge < -0.3 is 4.55 Å². The Balaban J connectivity index is 0.000000321. The maximum atomic E-state index is 12.4. The first kappa shape index (κ1) is 22.8. The summed E-state index contributed by atoms with van der Waals surface area (Å²) in [6, 6.07) is 16.8. The minimum Gasteiger partial charge on any atom is -0.741 e. The van der Waals surface area contributed by atoms with Gasteiger partial charge >= 0.3 is 5.51 Å². The minimum atomic E-state index is -6.09. The Morgan fingerprint density at radius 3 is 1.93 bits per heavy atom. The molecule has 2 aromatic carbocycles. The fourth-order valence-corrected chi connectivity index (χ4v) is 3.53. The molecule has 0 fully saturated rings. The molecule has 0 aliphatic carbocycles. The van der Waals surface area contributed by atoms with Crippen LogP contribution >= 0.6 is 0 Å². The van der Waals surface area contributed by atoms with Crippen LogP contribution in [0.1, 0.15) is 5.56 Å². The maximum Gasteiger partial charge on any atom is 0.485 e. The van der Waals surface area contributed by atoms with Gasteiger partial charge in [-0.15, -0.1) is 0 Å². The topological polar surface area (TPSA) is 95.2 Å². The molecule has 156 valence electrons. The zero-order chi connectivity index (χ0) is 21.9. The molecule has 0 saturated carbocycles. The molecular formula is C18H16F3NO5S2. The second kappa shape index (κ2) is 8.47. The summed E-state index contributed by atoms with van der Waals surface area (Å²) in [5.74, 6) is -0.0547. The fraction of sp³-hybridized carbons (Fsp3) is 0.167. The summed E-state index contributed by atoms with van der Waals surface area (Å²) in [4.78, 5) is 0.355. The third-order valence-corrected chi connectivity index (χ3v) is 5.92. The highest BCUT2D eigenvalue weighted by Gasteiger charge is 2.36. The number of rotatable bonds is 3. The van der Waals surface area contributed by atoms with Crippen molar-refractivity contribution in [1.82, 2.24) is 0 Å². The number of alkyl halides is 3. The van der Waals surface area contributed by atoms with E-state index in [0.29, 0.717) is 4.90 Å². The van der Waals surface area contributed by atoms with E-state index in [2.05, 4.69) is 0 Å². The van der Waals surface area contributed by atoms with Crippen LogP contribution in [0.15, 0.2) is 71.9 Å². The van der Waals surface area contributed by atoms with Crippen molar-refractivity contribution >= 4 is 30.7 Å². The first-order valence-corrected chi connectivity index (χ1v) is 11.0. The molecule has 0 aliphatic rings. The van der Waals surface area contributed by atoms with E-state index in [4.69, 9.17) is 13.0 Å². The van der Waals surface area contributed by atoms with Crippen LogP contribution < -0.4 is 4.57 Å². The Kier molecular flexibility index (Phi) is 6.66. The second-order valence-corrected chi connectivity index (χ2v) is 9.37. The van der Waals surface area contributed by atoms with Gasteiger partial charge in [-0.3, -0.25) is 0 Å². The van der Waals surface area contributed by atoms with Gasteiger partial charge in [-0.2, -0.15) is 17.7 Å². The second-order valence-electron chi connectivity index (χ2n) is 6.04. The van der Waals surface area contributed by atoms with Gasteiger partial charge in [0.2, 0.25) is 9.84 Å². The van der Waals surface area contributed by atoms with Crippen LogP contribution in [-0.2, 0) is 25.8 Å². The van der Waals surface area contributed by atoms with E-state index in [1.54, 1.807) is 22.9 Å². The lowest BCUT2D eigenvalue weighted by Crippen LogP contribution is -2.37. The summed E-state index contributed by atoms with van der Waals surface area (Å²) >= 11 is 0. The molecule has 0 unspecified atom stereocenters. The fourth-order valence-electron chi connectivity index (χ4n) is 2.27. The van der Waals surface area contributed by atoms with Crippen LogP contribution in [0.25, 0.3) is 10.8 Å². The quantitative estimate of drug-likeness (QED) is 0.350. The molecule has 0 aliphatic heterocycles. The third-order valence-electron chi connectivity index (χ3n) is 3.73. The Bertz CT molecular complexity index is 1210. The standard InChI is InChI=1S/C17H16NO2S.CHF3O3S/c1-14-6-8-17(9-7-14)21(19,20)13-18-11-10-15-4-2-3-5-16(15)12-18;2-1(3,4)8(5,6)7/h2-12H,13H2,1H3;(H,5,6,7)/q+1;/p-1. The molecule has 0 atom stereocenters. The Morgan fingerprint density at radius 1 is 0.897 bits per heavy atom. The van der Waals surface area contributed by atoms with Crippen LogP contribution in [0.2, 0.25) is 0 Å². The van der Waals surface area contributed by atoms with Crippen LogP contribution in [0.4, 0.5) is 13.2 Å². The number of hydrogen-bond donors (Lipinski definition) is 0. The van der Waals surface area contributed by atoms with Gasteiger partial charge in [-0.1, -0.05) is 35.9 Å². The number of benzene rings is 2. The van der Waals surface area contributed by atoms with E-state index in [1.165, 1.54) is 0 Å². The number of nitrogens with zero attached hydrogens (tertiary/aromatic N) is 1. The van der Waals surface area contributed by atoms with Crippen molar-refractivity contribution < 1.29 is 39.1 Å². The maximum absolute atomic E-state index is 12.4. The van der Waals surface area contributed by atoms with Crippen LogP contribution in [-0.4, -0.2) is 26.9 Å². The molecule has 0 amide bonds. The van der Waals surface area contributed by atoms with Crippen LogP contribution in [0.5, 0.6) is 0 Å². The molecule has 0 spiro atoms. The lowest BCUT2D eigenvalue weighted by atomic mass is 10.2. The van der Waals surface area contributed by atoms with Gasteiger partial charge in [0, 0.05) is 11.5 Å². The van der Waals surface area contributed by atoms with Gasteiger partial charge in [0.05, 0.1) is 4.90 Å². The van der Waals surface area contributed by atoms with Crippen molar-refractivity contribution in [1.29, 1.82) is 0 Å². The van der Waals surface area contributed by atoms with E-state index in [0.717, 1.165) is 16.3 Å². The van der Waals surface area contributed by atoms with Crippen molar-refractivity contribution in [3.8, 4) is 0 Å². The van der Waals surface area contributed by atoms with Gasteiger partial charge in [0.15, 0.2) is 22.5 Å². The van der Waals surface area contributed by atoms with E-state index in [-0.39, 0.29) is 5.88 Å². The number of aromatic nitrogens is 1. The number of aryl methyl sites for hydroxylation is 1. The van der Waals surface area contributed by atoms with E-state index >= 15 is 0 Å².